The molecule has 2 nitrogen and oxygen atoms in total. The highest BCUT2D eigenvalue weighted by atomic mass is 31.1. The van der Waals surface area contributed by atoms with E-state index >= 15 is 0 Å². The lowest BCUT2D eigenvalue weighted by molar-refractivity contribution is 0.0958. The number of carbonyl (C=O) groups excluding carboxylic acids is 1. The Kier molecular flexibility index (Phi) is 5.62. The van der Waals surface area contributed by atoms with Crippen molar-refractivity contribution >= 4 is 29.7 Å². The Labute approximate surface area is 149 Å². The minimum Gasteiger partial charge on any atom is -0.341 e. The topological polar surface area (TPSA) is 29.1 Å². The number of hydrogen-bond acceptors (Lipinski definition) is 1. The van der Waals surface area contributed by atoms with Crippen LogP contribution in [0.3, 0.4) is 0 Å². The van der Waals surface area contributed by atoms with Gasteiger partial charge < -0.3 is 5.32 Å². The zero-order valence-electron chi connectivity index (χ0n) is 13.7. The van der Waals surface area contributed by atoms with E-state index in [9.17, 15) is 4.79 Å². The second kappa shape index (κ2) is 8.29. The van der Waals surface area contributed by atoms with Gasteiger partial charge in [0.15, 0.2) is 0 Å². The molecule has 0 atom stereocenters. The van der Waals surface area contributed by atoms with E-state index in [0.29, 0.717) is 5.56 Å². The van der Waals surface area contributed by atoms with E-state index in [1.807, 2.05) is 36.4 Å². The predicted molar refractivity (Wildman–Crippen MR) is 106 cm³/mol. The van der Waals surface area contributed by atoms with Crippen LogP contribution in [-0.2, 0) is 0 Å². The Balaban J connectivity index is 1.95. The van der Waals surface area contributed by atoms with Crippen molar-refractivity contribution < 1.29 is 4.79 Å². The molecule has 0 unspecified atom stereocenters. The molecule has 0 fully saturated rings. The van der Waals surface area contributed by atoms with Gasteiger partial charge in [-0.3, -0.25) is 4.79 Å². The first kappa shape index (κ1) is 17.0. The minimum absolute atomic E-state index is 0.145. The lowest BCUT2D eigenvalue weighted by Gasteiger charge is -2.19. The molecule has 3 heteroatoms. The van der Waals surface area contributed by atoms with E-state index in [1.54, 1.807) is 0 Å². The third-order valence-corrected chi connectivity index (χ3v) is 6.21. The third-order valence-electron chi connectivity index (χ3n) is 3.77. The SMILES string of the molecule is C#CCNC(=O)c1ccc(P(c2ccccc2)c2ccccc2)cc1. The van der Waals surface area contributed by atoms with Crippen molar-refractivity contribution in [2.24, 2.45) is 0 Å². The molecular weight excluding hydrogens is 325 g/mol. The summed E-state index contributed by atoms with van der Waals surface area (Å²) in [6.45, 7) is 0.237. The van der Waals surface area contributed by atoms with Crippen molar-refractivity contribution in [2.75, 3.05) is 6.54 Å². The van der Waals surface area contributed by atoms with Crippen molar-refractivity contribution in [3.63, 3.8) is 0 Å². The quantitative estimate of drug-likeness (QED) is 0.560. The maximum absolute atomic E-state index is 12.0. The van der Waals surface area contributed by atoms with Crippen molar-refractivity contribution in [3.05, 3.63) is 90.5 Å². The fourth-order valence-corrected chi connectivity index (χ4v) is 4.88. The second-order valence-electron chi connectivity index (χ2n) is 5.44. The number of benzene rings is 3. The van der Waals surface area contributed by atoms with Crippen LogP contribution in [0.1, 0.15) is 10.4 Å². The average molecular weight is 343 g/mol. The Hall–Kier alpha value is -2.88. The molecule has 0 bridgehead atoms. The summed E-state index contributed by atoms with van der Waals surface area (Å²) in [6.07, 6.45) is 5.19. The average Bonchev–Trinajstić information content (AvgIpc) is 2.68. The Bertz CT molecular complexity index is 828. The molecule has 0 heterocycles. The van der Waals surface area contributed by atoms with Gasteiger partial charge in [-0.15, -0.1) is 6.42 Å². The van der Waals surface area contributed by atoms with E-state index < -0.39 is 7.92 Å². The summed E-state index contributed by atoms with van der Waals surface area (Å²) in [5.74, 6) is 2.27. The van der Waals surface area contributed by atoms with Gasteiger partial charge in [-0.1, -0.05) is 78.7 Å². The first-order valence-corrected chi connectivity index (χ1v) is 9.36. The molecule has 0 saturated heterocycles. The lowest BCUT2D eigenvalue weighted by atomic mass is 10.2. The van der Waals surface area contributed by atoms with E-state index in [0.717, 1.165) is 0 Å². The molecule has 3 aromatic carbocycles. The molecule has 1 N–H and O–H groups in total. The number of amides is 1. The van der Waals surface area contributed by atoms with Gasteiger partial charge in [-0.05, 0) is 36.0 Å². The van der Waals surface area contributed by atoms with Crippen molar-refractivity contribution in [1.82, 2.24) is 5.32 Å². The number of nitrogens with one attached hydrogen (secondary N) is 1. The summed E-state index contributed by atoms with van der Waals surface area (Å²) in [4.78, 5) is 12.0. The second-order valence-corrected chi connectivity index (χ2v) is 7.66. The monoisotopic (exact) mass is 343 g/mol. The van der Waals surface area contributed by atoms with Crippen LogP contribution < -0.4 is 21.2 Å². The molecule has 0 aromatic heterocycles. The zero-order chi connectivity index (χ0) is 17.5. The van der Waals surface area contributed by atoms with Gasteiger partial charge in [0.05, 0.1) is 6.54 Å². The van der Waals surface area contributed by atoms with Crippen LogP contribution >= 0.6 is 7.92 Å². The molecule has 1 amide bonds. The van der Waals surface area contributed by atoms with E-state index in [-0.39, 0.29) is 12.5 Å². The fourth-order valence-electron chi connectivity index (χ4n) is 2.60. The van der Waals surface area contributed by atoms with Gasteiger partial charge in [0.25, 0.3) is 5.91 Å². The van der Waals surface area contributed by atoms with Gasteiger partial charge in [-0.2, -0.15) is 0 Å². The molecule has 25 heavy (non-hydrogen) atoms. The van der Waals surface area contributed by atoms with Crippen LogP contribution in [0, 0.1) is 12.3 Å². The van der Waals surface area contributed by atoms with Crippen LogP contribution in [0.25, 0.3) is 0 Å². The maximum atomic E-state index is 12.0. The highest BCUT2D eigenvalue weighted by molar-refractivity contribution is 7.79. The Morgan fingerprint density at radius 3 is 1.76 bits per heavy atom. The number of hydrogen-bond donors (Lipinski definition) is 1. The molecule has 122 valence electrons. The molecular formula is C22H18NOP. The van der Waals surface area contributed by atoms with Crippen molar-refractivity contribution in [2.45, 2.75) is 0 Å². The summed E-state index contributed by atoms with van der Waals surface area (Å²) >= 11 is 0. The van der Waals surface area contributed by atoms with Crippen LogP contribution in [0.5, 0.6) is 0 Å². The number of terminal acetylenes is 1. The molecule has 0 aliphatic heterocycles. The summed E-state index contributed by atoms with van der Waals surface area (Å²) < 4.78 is 0. The smallest absolute Gasteiger partial charge is 0.252 e. The molecule has 3 aromatic rings. The Morgan fingerprint density at radius 1 is 0.800 bits per heavy atom. The van der Waals surface area contributed by atoms with E-state index in [2.05, 4.69) is 59.8 Å². The van der Waals surface area contributed by atoms with Crippen molar-refractivity contribution in [3.8, 4) is 12.3 Å². The maximum Gasteiger partial charge on any atom is 0.252 e. The summed E-state index contributed by atoms with van der Waals surface area (Å²) in [7, 11) is -0.653. The van der Waals surface area contributed by atoms with Crippen LogP contribution in [0.4, 0.5) is 0 Å². The number of carbonyl (C=O) groups is 1. The normalized spacial score (nSPS) is 10.2. The number of rotatable bonds is 5. The first-order valence-electron chi connectivity index (χ1n) is 8.01. The molecule has 0 saturated carbocycles. The van der Waals surface area contributed by atoms with Gasteiger partial charge in [-0.25, -0.2) is 0 Å². The summed E-state index contributed by atoms with van der Waals surface area (Å²) in [5, 5.41) is 6.47. The molecule has 0 aliphatic carbocycles. The highest BCUT2D eigenvalue weighted by Crippen LogP contribution is 2.32. The highest BCUT2D eigenvalue weighted by Gasteiger charge is 2.16. The molecule has 0 aliphatic rings. The lowest BCUT2D eigenvalue weighted by Crippen LogP contribution is -2.24. The largest absolute Gasteiger partial charge is 0.341 e. The standard InChI is InChI=1S/C22H18NOP/c1-2-17-23-22(24)18-13-15-21(16-14-18)25(19-9-5-3-6-10-19)20-11-7-4-8-12-20/h1,3-16H,17H2,(H,23,24). The minimum atomic E-state index is -0.653. The van der Waals surface area contributed by atoms with Crippen LogP contribution in [-0.4, -0.2) is 12.5 Å². The predicted octanol–water partition coefficient (Wildman–Crippen LogP) is 2.81. The summed E-state index contributed by atoms with van der Waals surface area (Å²) in [6, 6.07) is 28.8. The van der Waals surface area contributed by atoms with Gasteiger partial charge in [0.2, 0.25) is 0 Å². The molecule has 0 spiro atoms. The summed E-state index contributed by atoms with van der Waals surface area (Å²) in [5.41, 5.74) is 0.620. The van der Waals surface area contributed by atoms with Crippen LogP contribution in [0.15, 0.2) is 84.9 Å². The zero-order valence-corrected chi connectivity index (χ0v) is 14.6. The van der Waals surface area contributed by atoms with Gasteiger partial charge >= 0.3 is 0 Å². The van der Waals surface area contributed by atoms with Crippen LogP contribution in [0.2, 0.25) is 0 Å². The van der Waals surface area contributed by atoms with Crippen molar-refractivity contribution in [1.29, 1.82) is 0 Å². The van der Waals surface area contributed by atoms with E-state index in [4.69, 9.17) is 6.42 Å². The Morgan fingerprint density at radius 2 is 1.28 bits per heavy atom. The third kappa shape index (κ3) is 4.15. The first-order chi connectivity index (χ1) is 12.3. The van der Waals surface area contributed by atoms with E-state index in [1.165, 1.54) is 15.9 Å². The van der Waals surface area contributed by atoms with Gasteiger partial charge in [0, 0.05) is 5.56 Å². The fraction of sp³-hybridized carbons (Fsp3) is 0.0455. The van der Waals surface area contributed by atoms with Gasteiger partial charge in [0.1, 0.15) is 0 Å². The molecule has 0 radical (unpaired) electrons. The molecule has 3 rings (SSSR count).